The van der Waals surface area contributed by atoms with Gasteiger partial charge in [-0.1, -0.05) is 55.0 Å². The van der Waals surface area contributed by atoms with E-state index in [0.717, 1.165) is 30.4 Å². The van der Waals surface area contributed by atoms with E-state index in [1.165, 1.54) is 11.1 Å². The van der Waals surface area contributed by atoms with Crippen molar-refractivity contribution >= 4 is 18.0 Å². The lowest BCUT2D eigenvalue weighted by atomic mass is 9.93. The van der Waals surface area contributed by atoms with Crippen LogP contribution in [0.5, 0.6) is 0 Å². The molecule has 2 aliphatic carbocycles. The van der Waals surface area contributed by atoms with Crippen molar-refractivity contribution in [3.63, 3.8) is 0 Å². The Morgan fingerprint density at radius 2 is 1.69 bits per heavy atom. The standard InChI is InChI=1S/C28H34N2O5/c1-3-30(18(2)15-26(31)32)27(33)20-14-8-9-19(20)16-29-28(34)35-17-25-23-12-6-4-10-21(23)22-11-5-7-13-24(22)25/h4-7,10-13,18-20,25H,3,8-9,14-17H2,1-2H3,(H,29,34)(H,31,32)/t18?,19-,20-/m0/s1. The maximum Gasteiger partial charge on any atom is 0.407 e. The lowest BCUT2D eigenvalue weighted by Gasteiger charge is -2.31. The summed E-state index contributed by atoms with van der Waals surface area (Å²) in [4.78, 5) is 38.5. The summed E-state index contributed by atoms with van der Waals surface area (Å²) in [5, 5.41) is 12.0. The third kappa shape index (κ3) is 5.34. The van der Waals surface area contributed by atoms with Gasteiger partial charge in [0.05, 0.1) is 6.42 Å². The minimum atomic E-state index is -0.913. The summed E-state index contributed by atoms with van der Waals surface area (Å²) in [5.41, 5.74) is 4.69. The molecule has 0 bridgehead atoms. The number of nitrogens with zero attached hydrogens (tertiary/aromatic N) is 1. The highest BCUT2D eigenvalue weighted by atomic mass is 16.5. The monoisotopic (exact) mass is 478 g/mol. The Kier molecular flexibility index (Phi) is 7.73. The van der Waals surface area contributed by atoms with E-state index < -0.39 is 12.1 Å². The van der Waals surface area contributed by atoms with E-state index >= 15 is 0 Å². The minimum Gasteiger partial charge on any atom is -0.481 e. The molecule has 0 spiro atoms. The summed E-state index contributed by atoms with van der Waals surface area (Å²) in [6.07, 6.45) is 1.97. The summed E-state index contributed by atoms with van der Waals surface area (Å²) in [7, 11) is 0. The number of benzene rings is 2. The summed E-state index contributed by atoms with van der Waals surface area (Å²) < 4.78 is 5.64. The molecule has 1 unspecified atom stereocenters. The van der Waals surface area contributed by atoms with Crippen LogP contribution in [0.1, 0.15) is 56.6 Å². The van der Waals surface area contributed by atoms with Crippen molar-refractivity contribution in [1.82, 2.24) is 10.2 Å². The van der Waals surface area contributed by atoms with Crippen LogP contribution in [0.2, 0.25) is 0 Å². The van der Waals surface area contributed by atoms with E-state index in [2.05, 4.69) is 29.6 Å². The Balaban J connectivity index is 1.32. The van der Waals surface area contributed by atoms with Crippen molar-refractivity contribution in [1.29, 1.82) is 0 Å². The molecule has 0 radical (unpaired) electrons. The molecular formula is C28H34N2O5. The van der Waals surface area contributed by atoms with Crippen molar-refractivity contribution < 1.29 is 24.2 Å². The third-order valence-electron chi connectivity index (χ3n) is 7.45. The van der Waals surface area contributed by atoms with Crippen LogP contribution < -0.4 is 5.32 Å². The highest BCUT2D eigenvalue weighted by Crippen LogP contribution is 2.44. The molecule has 7 heteroatoms. The number of alkyl carbamates (subject to hydrolysis) is 1. The number of nitrogens with one attached hydrogen (secondary N) is 1. The number of carbonyl (C=O) groups excluding carboxylic acids is 2. The first-order valence-electron chi connectivity index (χ1n) is 12.5. The molecule has 4 rings (SSSR count). The van der Waals surface area contributed by atoms with Gasteiger partial charge in [-0.15, -0.1) is 0 Å². The van der Waals surface area contributed by atoms with E-state index in [1.807, 2.05) is 31.2 Å². The summed E-state index contributed by atoms with van der Waals surface area (Å²) in [6.45, 7) is 4.74. The van der Waals surface area contributed by atoms with Gasteiger partial charge in [-0.25, -0.2) is 4.79 Å². The van der Waals surface area contributed by atoms with Crippen LogP contribution in [0.4, 0.5) is 4.79 Å². The predicted octanol–water partition coefficient (Wildman–Crippen LogP) is 4.65. The second-order valence-corrected chi connectivity index (χ2v) is 9.58. The molecule has 1 saturated carbocycles. The first-order chi connectivity index (χ1) is 16.9. The predicted molar refractivity (Wildman–Crippen MR) is 133 cm³/mol. The highest BCUT2D eigenvalue weighted by Gasteiger charge is 2.37. The summed E-state index contributed by atoms with van der Waals surface area (Å²) in [6, 6.07) is 16.1. The van der Waals surface area contributed by atoms with E-state index in [-0.39, 0.29) is 42.7 Å². The van der Waals surface area contributed by atoms with Gasteiger partial charge in [0.1, 0.15) is 6.61 Å². The molecule has 1 fully saturated rings. The molecule has 35 heavy (non-hydrogen) atoms. The molecule has 2 amide bonds. The van der Waals surface area contributed by atoms with Gasteiger partial charge in [0.25, 0.3) is 0 Å². The van der Waals surface area contributed by atoms with Crippen LogP contribution in [0.3, 0.4) is 0 Å². The van der Waals surface area contributed by atoms with E-state index in [1.54, 1.807) is 11.8 Å². The Morgan fingerprint density at radius 1 is 1.06 bits per heavy atom. The first-order valence-corrected chi connectivity index (χ1v) is 12.5. The SMILES string of the molecule is CCN(C(=O)[C@H]1CCC[C@H]1CNC(=O)OCC1c2ccccc2-c2ccccc21)C(C)CC(=O)O. The number of rotatable bonds is 9. The van der Waals surface area contributed by atoms with Crippen molar-refractivity contribution in [3.05, 3.63) is 59.7 Å². The molecule has 2 aromatic rings. The Morgan fingerprint density at radius 3 is 2.29 bits per heavy atom. The average molecular weight is 479 g/mol. The van der Waals surface area contributed by atoms with E-state index in [4.69, 9.17) is 9.84 Å². The van der Waals surface area contributed by atoms with Gasteiger partial charge in [-0.05, 0) is 54.9 Å². The molecule has 0 aliphatic heterocycles. The van der Waals surface area contributed by atoms with Gasteiger partial charge in [-0.3, -0.25) is 9.59 Å². The normalized spacial score (nSPS) is 19.5. The zero-order chi connectivity index (χ0) is 24.9. The molecule has 2 N–H and O–H groups in total. The number of hydrogen-bond donors (Lipinski definition) is 2. The van der Waals surface area contributed by atoms with Gasteiger partial charge in [0, 0.05) is 31.0 Å². The molecular weight excluding hydrogens is 444 g/mol. The lowest BCUT2D eigenvalue weighted by molar-refractivity contribution is -0.142. The number of ether oxygens (including phenoxy) is 1. The number of aliphatic carboxylic acids is 1. The molecule has 0 heterocycles. The van der Waals surface area contributed by atoms with Gasteiger partial charge in [-0.2, -0.15) is 0 Å². The van der Waals surface area contributed by atoms with Crippen molar-refractivity contribution in [2.24, 2.45) is 11.8 Å². The van der Waals surface area contributed by atoms with Crippen LogP contribution in [0.25, 0.3) is 11.1 Å². The fraction of sp³-hybridized carbons (Fsp3) is 0.464. The lowest BCUT2D eigenvalue weighted by Crippen LogP contribution is -2.45. The third-order valence-corrected chi connectivity index (χ3v) is 7.45. The van der Waals surface area contributed by atoms with Crippen LogP contribution in [0, 0.1) is 11.8 Å². The van der Waals surface area contributed by atoms with Gasteiger partial charge in [0.2, 0.25) is 5.91 Å². The molecule has 186 valence electrons. The highest BCUT2D eigenvalue weighted by molar-refractivity contribution is 5.81. The number of fused-ring (bicyclic) bond motifs is 3. The van der Waals surface area contributed by atoms with Crippen molar-refractivity contribution in [3.8, 4) is 11.1 Å². The minimum absolute atomic E-state index is 0.00259. The van der Waals surface area contributed by atoms with Crippen molar-refractivity contribution in [2.45, 2.75) is 51.5 Å². The van der Waals surface area contributed by atoms with E-state index in [0.29, 0.717) is 13.1 Å². The second kappa shape index (κ2) is 10.9. The molecule has 2 aromatic carbocycles. The molecule has 0 saturated heterocycles. The van der Waals surface area contributed by atoms with Crippen LogP contribution in [-0.2, 0) is 14.3 Å². The van der Waals surface area contributed by atoms with Gasteiger partial charge < -0.3 is 20.1 Å². The number of carboxylic acid groups (broad SMARTS) is 1. The maximum atomic E-state index is 13.2. The van der Waals surface area contributed by atoms with Gasteiger partial charge >= 0.3 is 12.1 Å². The Bertz CT molecular complexity index is 1040. The zero-order valence-electron chi connectivity index (χ0n) is 20.4. The Labute approximate surface area is 206 Å². The largest absolute Gasteiger partial charge is 0.481 e. The number of carbonyl (C=O) groups is 3. The Hall–Kier alpha value is -3.35. The molecule has 7 nitrogen and oxygen atoms in total. The van der Waals surface area contributed by atoms with Gasteiger partial charge in [0.15, 0.2) is 0 Å². The average Bonchev–Trinajstić information content (AvgIpc) is 3.44. The molecule has 0 aromatic heterocycles. The fourth-order valence-electron chi connectivity index (χ4n) is 5.73. The maximum absolute atomic E-state index is 13.2. The second-order valence-electron chi connectivity index (χ2n) is 9.58. The molecule has 3 atom stereocenters. The summed E-state index contributed by atoms with van der Waals surface area (Å²) in [5.74, 6) is -1.11. The number of hydrogen-bond acceptors (Lipinski definition) is 4. The zero-order valence-corrected chi connectivity index (χ0v) is 20.4. The van der Waals surface area contributed by atoms with Crippen LogP contribution >= 0.6 is 0 Å². The van der Waals surface area contributed by atoms with Crippen molar-refractivity contribution in [2.75, 3.05) is 19.7 Å². The van der Waals surface area contributed by atoms with Crippen LogP contribution in [0.15, 0.2) is 48.5 Å². The summed E-state index contributed by atoms with van der Waals surface area (Å²) >= 11 is 0. The number of amides is 2. The quantitative estimate of drug-likeness (QED) is 0.547. The molecule has 2 aliphatic rings. The smallest absolute Gasteiger partial charge is 0.407 e. The first kappa shape index (κ1) is 24.8. The van der Waals surface area contributed by atoms with E-state index in [9.17, 15) is 14.4 Å². The number of carboxylic acids is 1. The van der Waals surface area contributed by atoms with Crippen LogP contribution in [-0.4, -0.2) is 53.7 Å². The topological polar surface area (TPSA) is 95.9 Å². The fourth-order valence-corrected chi connectivity index (χ4v) is 5.73.